The number of halogens is 2. The molecule has 0 unspecified atom stereocenters. The van der Waals surface area contributed by atoms with E-state index in [0.717, 1.165) is 5.54 Å². The molecule has 0 saturated carbocycles. The Morgan fingerprint density at radius 1 is 1.90 bits per heavy atom. The summed E-state index contributed by atoms with van der Waals surface area (Å²) in [5.74, 6) is 0.0612. The zero-order chi connectivity index (χ0) is 7.56. The maximum Gasteiger partial charge on any atom is 0.210 e. The number of hydrogen-bond donors (Lipinski definition) is 0. The third-order valence-corrected chi connectivity index (χ3v) is 1.33. The van der Waals surface area contributed by atoms with Gasteiger partial charge in [0.15, 0.2) is 0 Å². The van der Waals surface area contributed by atoms with Gasteiger partial charge in [-0.1, -0.05) is 11.6 Å². The molecule has 0 N–H and O–H groups in total. The van der Waals surface area contributed by atoms with Crippen LogP contribution in [0.1, 0.15) is 5.82 Å². The zero-order valence-electron chi connectivity index (χ0n) is 5.38. The van der Waals surface area contributed by atoms with E-state index in [2.05, 4.69) is 4.98 Å². The van der Waals surface area contributed by atoms with Gasteiger partial charge in [-0.3, -0.25) is 4.57 Å². The predicted octanol–water partition coefficient (Wildman–Crippen LogP) is 2.16. The van der Waals surface area contributed by atoms with Gasteiger partial charge in [0.2, 0.25) is 5.95 Å². The minimum absolute atomic E-state index is 0.517. The van der Waals surface area contributed by atoms with E-state index in [9.17, 15) is 4.39 Å². The van der Waals surface area contributed by atoms with E-state index in [1.807, 2.05) is 0 Å². The quantitative estimate of drug-likeness (QED) is 0.616. The van der Waals surface area contributed by atoms with Gasteiger partial charge in [0.25, 0.3) is 0 Å². The third-order valence-electron chi connectivity index (χ3n) is 1.15. The van der Waals surface area contributed by atoms with Gasteiger partial charge >= 0.3 is 0 Å². The lowest BCUT2D eigenvalue weighted by molar-refractivity contribution is 0.680. The van der Waals surface area contributed by atoms with Crippen molar-refractivity contribution in [1.82, 2.24) is 9.55 Å². The average molecular weight is 161 g/mol. The minimum Gasteiger partial charge on any atom is -0.279 e. The summed E-state index contributed by atoms with van der Waals surface area (Å²) in [6, 6.07) is 0. The molecule has 0 aliphatic heterocycles. The maximum atomic E-state index is 12.6. The number of imidazole rings is 1. The molecule has 10 heavy (non-hydrogen) atoms. The van der Waals surface area contributed by atoms with E-state index in [1.165, 1.54) is 17.0 Å². The lowest BCUT2D eigenvalue weighted by Gasteiger charge is -1.96. The SMILES string of the molecule is Cc1nccn1/C(F)=C/Cl. The van der Waals surface area contributed by atoms with Crippen LogP contribution in [0.15, 0.2) is 17.9 Å². The average Bonchev–Trinajstić information content (AvgIpc) is 2.34. The maximum absolute atomic E-state index is 12.6. The molecule has 0 aliphatic rings. The molecule has 0 aliphatic carbocycles. The third kappa shape index (κ3) is 1.19. The Balaban J connectivity index is 3.05. The highest BCUT2D eigenvalue weighted by Gasteiger charge is 1.99. The number of hydrogen-bond acceptors (Lipinski definition) is 1. The van der Waals surface area contributed by atoms with Gasteiger partial charge in [0.1, 0.15) is 5.82 Å². The molecule has 4 heteroatoms. The molecule has 1 rings (SSSR count). The summed E-state index contributed by atoms with van der Waals surface area (Å²) >= 11 is 5.13. The van der Waals surface area contributed by atoms with E-state index in [-0.39, 0.29) is 0 Å². The second-order valence-corrected chi connectivity index (χ2v) is 1.99. The van der Waals surface area contributed by atoms with Gasteiger partial charge in [-0.2, -0.15) is 4.39 Å². The van der Waals surface area contributed by atoms with Crippen molar-refractivity contribution in [3.8, 4) is 0 Å². The van der Waals surface area contributed by atoms with Crippen molar-refractivity contribution >= 4 is 17.6 Å². The molecule has 1 aromatic rings. The first-order chi connectivity index (χ1) is 4.75. The largest absolute Gasteiger partial charge is 0.279 e. The fraction of sp³-hybridized carbons (Fsp3) is 0.167. The van der Waals surface area contributed by atoms with Crippen LogP contribution in [0.3, 0.4) is 0 Å². The summed E-state index contributed by atoms with van der Waals surface area (Å²) in [6.07, 6.45) is 3.01. The van der Waals surface area contributed by atoms with E-state index in [4.69, 9.17) is 11.6 Å². The van der Waals surface area contributed by atoms with Crippen molar-refractivity contribution in [3.05, 3.63) is 23.8 Å². The van der Waals surface area contributed by atoms with Crippen LogP contribution in [0.2, 0.25) is 0 Å². The highest BCUT2D eigenvalue weighted by Crippen LogP contribution is 2.09. The molecule has 1 aromatic heterocycles. The molecule has 2 nitrogen and oxygen atoms in total. The van der Waals surface area contributed by atoms with E-state index in [0.29, 0.717) is 5.82 Å². The Hall–Kier alpha value is -0.830. The Labute approximate surface area is 62.9 Å². The van der Waals surface area contributed by atoms with Crippen LogP contribution in [-0.4, -0.2) is 9.55 Å². The second-order valence-electron chi connectivity index (χ2n) is 1.78. The summed E-state index contributed by atoms with van der Waals surface area (Å²) in [5.41, 5.74) is 0.870. The van der Waals surface area contributed by atoms with Gasteiger partial charge < -0.3 is 0 Å². The van der Waals surface area contributed by atoms with E-state index in [1.54, 1.807) is 6.92 Å². The van der Waals surface area contributed by atoms with Crippen LogP contribution in [0.5, 0.6) is 0 Å². The lowest BCUT2D eigenvalue weighted by Crippen LogP contribution is -1.92. The van der Waals surface area contributed by atoms with Crippen LogP contribution < -0.4 is 0 Å². The van der Waals surface area contributed by atoms with Gasteiger partial charge in [0, 0.05) is 12.4 Å². The van der Waals surface area contributed by atoms with Crippen molar-refractivity contribution in [2.45, 2.75) is 6.92 Å². The van der Waals surface area contributed by atoms with Gasteiger partial charge in [-0.05, 0) is 6.92 Å². The van der Waals surface area contributed by atoms with E-state index >= 15 is 0 Å². The van der Waals surface area contributed by atoms with Crippen LogP contribution in [0.4, 0.5) is 4.39 Å². The first-order valence-electron chi connectivity index (χ1n) is 2.72. The standard InChI is InChI=1S/C6H6ClFN2/c1-5-9-2-3-10(5)6(8)4-7/h2-4H,1H3/b6-4+. The molecule has 54 valence electrons. The molecular weight excluding hydrogens is 155 g/mol. The van der Waals surface area contributed by atoms with Gasteiger partial charge in [-0.25, -0.2) is 4.98 Å². The highest BCUT2D eigenvalue weighted by atomic mass is 35.5. The number of aromatic nitrogens is 2. The molecule has 0 radical (unpaired) electrons. The normalized spacial score (nSPS) is 12.1. The molecule has 0 amide bonds. The van der Waals surface area contributed by atoms with Crippen LogP contribution >= 0.6 is 11.6 Å². The van der Waals surface area contributed by atoms with Crippen LogP contribution in [0, 0.1) is 6.92 Å². The molecule has 1 heterocycles. The van der Waals surface area contributed by atoms with Crippen LogP contribution in [0.25, 0.3) is 5.95 Å². The number of nitrogens with zero attached hydrogens (tertiary/aromatic N) is 2. The fourth-order valence-electron chi connectivity index (χ4n) is 0.656. The molecule has 0 saturated heterocycles. The van der Waals surface area contributed by atoms with Crippen molar-refractivity contribution < 1.29 is 4.39 Å². The van der Waals surface area contributed by atoms with Gasteiger partial charge in [-0.15, -0.1) is 0 Å². The lowest BCUT2D eigenvalue weighted by atomic mass is 10.7. The number of aryl methyl sites for hydroxylation is 1. The van der Waals surface area contributed by atoms with Crippen molar-refractivity contribution in [2.75, 3.05) is 0 Å². The summed E-state index contributed by atoms with van der Waals surface area (Å²) in [6.45, 7) is 1.69. The minimum atomic E-state index is -0.517. The smallest absolute Gasteiger partial charge is 0.210 e. The summed E-state index contributed by atoms with van der Waals surface area (Å²) in [5, 5.41) is 0. The predicted molar refractivity (Wildman–Crippen MR) is 38.2 cm³/mol. The van der Waals surface area contributed by atoms with E-state index < -0.39 is 5.95 Å². The van der Waals surface area contributed by atoms with Gasteiger partial charge in [0.05, 0.1) is 5.54 Å². The highest BCUT2D eigenvalue weighted by molar-refractivity contribution is 6.27. The Bertz CT molecular complexity index is 254. The summed E-state index contributed by atoms with van der Waals surface area (Å²) < 4.78 is 13.9. The molecular formula is C6H6ClFN2. The Morgan fingerprint density at radius 2 is 2.60 bits per heavy atom. The van der Waals surface area contributed by atoms with Crippen molar-refractivity contribution in [3.63, 3.8) is 0 Å². The molecule has 0 atom stereocenters. The first-order valence-corrected chi connectivity index (χ1v) is 3.15. The Morgan fingerprint density at radius 3 is 3.00 bits per heavy atom. The fourth-order valence-corrected chi connectivity index (χ4v) is 0.761. The molecule has 0 bridgehead atoms. The van der Waals surface area contributed by atoms with Crippen molar-refractivity contribution in [1.29, 1.82) is 0 Å². The van der Waals surface area contributed by atoms with Crippen molar-refractivity contribution in [2.24, 2.45) is 0 Å². The zero-order valence-corrected chi connectivity index (χ0v) is 6.14. The number of rotatable bonds is 1. The molecule has 0 aromatic carbocycles. The summed E-state index contributed by atoms with van der Waals surface area (Å²) in [7, 11) is 0. The monoisotopic (exact) mass is 160 g/mol. The first kappa shape index (κ1) is 7.28. The Kier molecular flexibility index (Phi) is 2.06. The summed E-state index contributed by atoms with van der Waals surface area (Å²) in [4.78, 5) is 3.81. The molecule has 0 fully saturated rings. The topological polar surface area (TPSA) is 17.8 Å². The molecule has 0 spiro atoms. The van der Waals surface area contributed by atoms with Crippen LogP contribution in [-0.2, 0) is 0 Å². The second kappa shape index (κ2) is 2.84.